The minimum Gasteiger partial charge on any atom is -0.336 e. The number of hydrogen-bond donors (Lipinski definition) is 1. The second-order valence-corrected chi connectivity index (χ2v) is 6.22. The highest BCUT2D eigenvalue weighted by Gasteiger charge is 2.35. The summed E-state index contributed by atoms with van der Waals surface area (Å²) in [5, 5.41) is 0. The Labute approximate surface area is 115 Å². The largest absolute Gasteiger partial charge is 0.336 e. The van der Waals surface area contributed by atoms with Crippen LogP contribution in [0.25, 0.3) is 0 Å². The van der Waals surface area contributed by atoms with E-state index in [9.17, 15) is 4.79 Å². The molecule has 1 amide bonds. The van der Waals surface area contributed by atoms with Crippen molar-refractivity contribution in [3.8, 4) is 0 Å². The highest BCUT2D eigenvalue weighted by molar-refractivity contribution is 5.80. The van der Waals surface area contributed by atoms with E-state index >= 15 is 0 Å². The van der Waals surface area contributed by atoms with Gasteiger partial charge in [0.15, 0.2) is 0 Å². The van der Waals surface area contributed by atoms with Crippen LogP contribution in [-0.4, -0.2) is 28.9 Å². The van der Waals surface area contributed by atoms with E-state index in [1.165, 1.54) is 5.56 Å². The number of likely N-dealkylation sites (tertiary alicyclic amines) is 1. The molecule has 0 aromatic heterocycles. The van der Waals surface area contributed by atoms with Gasteiger partial charge < -0.3 is 10.6 Å². The molecule has 1 atom stereocenters. The predicted molar refractivity (Wildman–Crippen MR) is 77.9 cm³/mol. The van der Waals surface area contributed by atoms with Gasteiger partial charge in [-0.15, -0.1) is 0 Å². The van der Waals surface area contributed by atoms with Gasteiger partial charge in [0.25, 0.3) is 0 Å². The molecular formula is C16H24N2O. The summed E-state index contributed by atoms with van der Waals surface area (Å²) in [6.45, 7) is 7.00. The third kappa shape index (κ3) is 3.16. The molecule has 1 heterocycles. The second-order valence-electron chi connectivity index (χ2n) is 6.22. The van der Waals surface area contributed by atoms with E-state index in [0.29, 0.717) is 13.0 Å². The van der Waals surface area contributed by atoms with Crippen molar-refractivity contribution < 1.29 is 4.79 Å². The van der Waals surface area contributed by atoms with Crippen LogP contribution in [0.5, 0.6) is 0 Å². The second kappa shape index (κ2) is 5.33. The molecule has 0 saturated carbocycles. The maximum atomic E-state index is 12.6. The zero-order valence-electron chi connectivity index (χ0n) is 12.1. The van der Waals surface area contributed by atoms with Crippen LogP contribution >= 0.6 is 0 Å². The van der Waals surface area contributed by atoms with E-state index in [1.54, 1.807) is 0 Å². The summed E-state index contributed by atoms with van der Waals surface area (Å²) in [5.41, 5.74) is 8.23. The number of amides is 1. The molecule has 1 aliphatic heterocycles. The predicted octanol–water partition coefficient (Wildman–Crippen LogP) is 2.27. The Hall–Kier alpha value is -1.35. The molecule has 2 rings (SSSR count). The molecule has 0 radical (unpaired) electrons. The SMILES string of the molecule is Cc1ccccc1CC(=O)N1CC(N)CCC1(C)C. The lowest BCUT2D eigenvalue weighted by molar-refractivity contribution is -0.138. The van der Waals surface area contributed by atoms with Crippen LogP contribution < -0.4 is 5.73 Å². The molecule has 2 N–H and O–H groups in total. The molecule has 1 fully saturated rings. The minimum absolute atomic E-state index is 0.0738. The maximum Gasteiger partial charge on any atom is 0.227 e. The van der Waals surface area contributed by atoms with Gasteiger partial charge in [-0.1, -0.05) is 24.3 Å². The summed E-state index contributed by atoms with van der Waals surface area (Å²) in [5.74, 6) is 0.189. The van der Waals surface area contributed by atoms with Gasteiger partial charge in [0.2, 0.25) is 5.91 Å². The summed E-state index contributed by atoms with van der Waals surface area (Å²) in [4.78, 5) is 14.5. The highest BCUT2D eigenvalue weighted by atomic mass is 16.2. The normalized spacial score (nSPS) is 22.3. The standard InChI is InChI=1S/C16H24N2O/c1-12-6-4-5-7-13(12)10-15(19)18-11-14(17)8-9-16(18,2)3/h4-7,14H,8-11,17H2,1-3H3. The number of rotatable bonds is 2. The molecule has 1 unspecified atom stereocenters. The van der Waals surface area contributed by atoms with Gasteiger partial charge in [-0.25, -0.2) is 0 Å². The van der Waals surface area contributed by atoms with E-state index in [4.69, 9.17) is 5.73 Å². The van der Waals surface area contributed by atoms with Crippen molar-refractivity contribution in [3.05, 3.63) is 35.4 Å². The molecular weight excluding hydrogens is 236 g/mol. The lowest BCUT2D eigenvalue weighted by Gasteiger charge is -2.45. The maximum absolute atomic E-state index is 12.6. The first-order valence-electron chi connectivity index (χ1n) is 7.01. The number of carbonyl (C=O) groups is 1. The van der Waals surface area contributed by atoms with Gasteiger partial charge in [0, 0.05) is 18.1 Å². The lowest BCUT2D eigenvalue weighted by Crippen LogP contribution is -2.57. The Bertz CT molecular complexity index is 468. The summed E-state index contributed by atoms with van der Waals surface area (Å²) in [6, 6.07) is 8.20. The molecule has 1 aromatic carbocycles. The Kier molecular flexibility index (Phi) is 3.95. The van der Waals surface area contributed by atoms with Crippen molar-refractivity contribution in [1.82, 2.24) is 4.90 Å². The third-order valence-electron chi connectivity index (χ3n) is 4.18. The average Bonchev–Trinajstić information content (AvgIpc) is 2.35. The van der Waals surface area contributed by atoms with Crippen molar-refractivity contribution >= 4 is 5.91 Å². The number of benzene rings is 1. The van der Waals surface area contributed by atoms with E-state index in [0.717, 1.165) is 18.4 Å². The topological polar surface area (TPSA) is 46.3 Å². The smallest absolute Gasteiger partial charge is 0.227 e. The first-order valence-corrected chi connectivity index (χ1v) is 7.01. The van der Waals surface area contributed by atoms with Crippen LogP contribution in [0, 0.1) is 6.92 Å². The van der Waals surface area contributed by atoms with E-state index in [-0.39, 0.29) is 17.5 Å². The Morgan fingerprint density at radius 1 is 1.42 bits per heavy atom. The van der Waals surface area contributed by atoms with Crippen molar-refractivity contribution in [2.75, 3.05) is 6.54 Å². The number of nitrogens with zero attached hydrogens (tertiary/aromatic N) is 1. The van der Waals surface area contributed by atoms with Crippen LogP contribution in [0.3, 0.4) is 0 Å². The Balaban J connectivity index is 2.13. The van der Waals surface area contributed by atoms with Gasteiger partial charge in [0.1, 0.15) is 0 Å². The molecule has 3 heteroatoms. The van der Waals surface area contributed by atoms with Crippen LogP contribution in [0.2, 0.25) is 0 Å². The van der Waals surface area contributed by atoms with Crippen LogP contribution in [0.4, 0.5) is 0 Å². The molecule has 104 valence electrons. The first-order chi connectivity index (χ1) is 8.90. The zero-order valence-corrected chi connectivity index (χ0v) is 12.1. The number of carbonyl (C=O) groups excluding carboxylic acids is 1. The Morgan fingerprint density at radius 2 is 2.11 bits per heavy atom. The molecule has 1 aromatic rings. The van der Waals surface area contributed by atoms with Crippen LogP contribution in [0.1, 0.15) is 37.8 Å². The molecule has 0 spiro atoms. The quantitative estimate of drug-likeness (QED) is 0.886. The highest BCUT2D eigenvalue weighted by Crippen LogP contribution is 2.27. The fourth-order valence-corrected chi connectivity index (χ4v) is 2.75. The van der Waals surface area contributed by atoms with Crippen LogP contribution in [0.15, 0.2) is 24.3 Å². The fraction of sp³-hybridized carbons (Fsp3) is 0.562. The molecule has 19 heavy (non-hydrogen) atoms. The summed E-state index contributed by atoms with van der Waals surface area (Å²) in [7, 11) is 0. The lowest BCUT2D eigenvalue weighted by atomic mass is 9.87. The number of nitrogens with two attached hydrogens (primary N) is 1. The number of hydrogen-bond acceptors (Lipinski definition) is 2. The molecule has 3 nitrogen and oxygen atoms in total. The van der Waals surface area contributed by atoms with Gasteiger partial charge in [0.05, 0.1) is 6.42 Å². The van der Waals surface area contributed by atoms with E-state index < -0.39 is 0 Å². The van der Waals surface area contributed by atoms with Crippen molar-refractivity contribution in [1.29, 1.82) is 0 Å². The summed E-state index contributed by atoms with van der Waals surface area (Å²) < 4.78 is 0. The van der Waals surface area contributed by atoms with Crippen LogP contribution in [-0.2, 0) is 11.2 Å². The molecule has 1 saturated heterocycles. The van der Waals surface area contributed by atoms with Crippen molar-refractivity contribution in [2.45, 2.75) is 51.6 Å². The number of piperidine rings is 1. The Morgan fingerprint density at radius 3 is 2.79 bits per heavy atom. The number of aryl methyl sites for hydroxylation is 1. The molecule has 1 aliphatic rings. The van der Waals surface area contributed by atoms with Gasteiger partial charge >= 0.3 is 0 Å². The van der Waals surface area contributed by atoms with Crippen molar-refractivity contribution in [2.24, 2.45) is 5.73 Å². The first kappa shape index (κ1) is 14.1. The van der Waals surface area contributed by atoms with Gasteiger partial charge in [-0.05, 0) is 44.7 Å². The summed E-state index contributed by atoms with van der Waals surface area (Å²) >= 11 is 0. The zero-order chi connectivity index (χ0) is 14.0. The van der Waals surface area contributed by atoms with E-state index in [2.05, 4.69) is 26.8 Å². The van der Waals surface area contributed by atoms with Gasteiger partial charge in [-0.2, -0.15) is 0 Å². The minimum atomic E-state index is -0.0738. The van der Waals surface area contributed by atoms with E-state index in [1.807, 2.05) is 23.1 Å². The third-order valence-corrected chi connectivity index (χ3v) is 4.18. The molecule has 0 bridgehead atoms. The average molecular weight is 260 g/mol. The monoisotopic (exact) mass is 260 g/mol. The summed E-state index contributed by atoms with van der Waals surface area (Å²) in [6.07, 6.45) is 2.46. The van der Waals surface area contributed by atoms with Crippen molar-refractivity contribution in [3.63, 3.8) is 0 Å². The molecule has 0 aliphatic carbocycles. The van der Waals surface area contributed by atoms with Gasteiger partial charge in [-0.3, -0.25) is 4.79 Å². The fourth-order valence-electron chi connectivity index (χ4n) is 2.75.